The van der Waals surface area contributed by atoms with Crippen molar-refractivity contribution in [3.05, 3.63) is 64.7 Å². The number of benzene rings is 1. The van der Waals surface area contributed by atoms with Crippen molar-refractivity contribution in [1.29, 1.82) is 0 Å². The SMILES string of the molecule is CN(C)C=CC(=O)c1nn(-c2cccc(S(=O)(=O)N3CCCCC3)c2)ccc1=O. The van der Waals surface area contributed by atoms with Gasteiger partial charge in [0.1, 0.15) is 0 Å². The number of hydrogen-bond acceptors (Lipinski definition) is 6. The number of ketones is 1. The summed E-state index contributed by atoms with van der Waals surface area (Å²) in [5, 5.41) is 4.13. The Morgan fingerprint density at radius 3 is 2.55 bits per heavy atom. The van der Waals surface area contributed by atoms with Gasteiger partial charge in [-0.1, -0.05) is 12.5 Å². The number of allylic oxidation sites excluding steroid dienone is 1. The van der Waals surface area contributed by atoms with Crippen LogP contribution in [-0.4, -0.2) is 60.4 Å². The molecule has 0 spiro atoms. The third-order valence-corrected chi connectivity index (χ3v) is 6.50. The van der Waals surface area contributed by atoms with Gasteiger partial charge in [0.2, 0.25) is 21.2 Å². The van der Waals surface area contributed by atoms with Crippen LogP contribution in [0.1, 0.15) is 29.8 Å². The highest BCUT2D eigenvalue weighted by atomic mass is 32.2. The molecule has 1 aromatic heterocycles. The average Bonchev–Trinajstić information content (AvgIpc) is 2.73. The van der Waals surface area contributed by atoms with E-state index in [0.29, 0.717) is 18.8 Å². The summed E-state index contributed by atoms with van der Waals surface area (Å²) in [6.07, 6.45) is 6.96. The molecule has 0 bridgehead atoms. The summed E-state index contributed by atoms with van der Waals surface area (Å²) >= 11 is 0. The molecule has 1 aliphatic heterocycles. The summed E-state index contributed by atoms with van der Waals surface area (Å²) in [5.74, 6) is -0.518. The molecule has 154 valence electrons. The first-order chi connectivity index (χ1) is 13.8. The summed E-state index contributed by atoms with van der Waals surface area (Å²) in [6.45, 7) is 1.03. The minimum atomic E-state index is -3.60. The van der Waals surface area contributed by atoms with Gasteiger partial charge >= 0.3 is 0 Å². The Kier molecular flexibility index (Phi) is 6.29. The number of carbonyl (C=O) groups is 1. The van der Waals surface area contributed by atoms with Crippen molar-refractivity contribution >= 4 is 15.8 Å². The Bertz CT molecular complexity index is 1080. The van der Waals surface area contributed by atoms with Crippen LogP contribution < -0.4 is 5.43 Å². The van der Waals surface area contributed by atoms with E-state index in [1.165, 1.54) is 39.6 Å². The van der Waals surface area contributed by atoms with Gasteiger partial charge < -0.3 is 4.90 Å². The van der Waals surface area contributed by atoms with Gasteiger partial charge in [0.15, 0.2) is 5.69 Å². The van der Waals surface area contributed by atoms with E-state index >= 15 is 0 Å². The van der Waals surface area contributed by atoms with Crippen LogP contribution >= 0.6 is 0 Å². The molecule has 3 rings (SSSR count). The van der Waals surface area contributed by atoms with E-state index in [0.717, 1.165) is 19.3 Å². The molecule has 0 amide bonds. The molecule has 0 atom stereocenters. The standard InChI is InChI=1S/C20H24N4O4S/c1-22(2)13-9-18(25)20-19(26)10-14-24(21-20)16-7-6-8-17(15-16)29(27,28)23-11-4-3-5-12-23/h6-10,13-15H,3-5,11-12H2,1-2H3. The zero-order chi connectivity index (χ0) is 21.0. The van der Waals surface area contributed by atoms with Gasteiger partial charge in [0.05, 0.1) is 10.6 Å². The number of sulfonamides is 1. The Labute approximate surface area is 170 Å². The van der Waals surface area contributed by atoms with Gasteiger partial charge in [-0.2, -0.15) is 9.40 Å². The topological polar surface area (TPSA) is 92.6 Å². The maximum atomic E-state index is 12.9. The van der Waals surface area contributed by atoms with E-state index in [1.807, 2.05) is 0 Å². The van der Waals surface area contributed by atoms with Gasteiger partial charge in [-0.25, -0.2) is 13.1 Å². The van der Waals surface area contributed by atoms with E-state index in [4.69, 9.17) is 0 Å². The van der Waals surface area contributed by atoms with Crippen molar-refractivity contribution in [1.82, 2.24) is 19.0 Å². The van der Waals surface area contributed by atoms with Crippen LogP contribution in [0.5, 0.6) is 0 Å². The van der Waals surface area contributed by atoms with Crippen LogP contribution in [0.2, 0.25) is 0 Å². The number of piperidine rings is 1. The van der Waals surface area contributed by atoms with Crippen LogP contribution in [0.4, 0.5) is 0 Å². The lowest BCUT2D eigenvalue weighted by molar-refractivity contribution is 0.103. The number of carbonyl (C=O) groups excluding carboxylic acids is 1. The molecule has 9 heteroatoms. The maximum absolute atomic E-state index is 12.9. The minimum absolute atomic E-state index is 0.165. The lowest BCUT2D eigenvalue weighted by Gasteiger charge is -2.26. The molecule has 0 unspecified atom stereocenters. The first kappa shape index (κ1) is 20.9. The Hall–Kier alpha value is -2.78. The second kappa shape index (κ2) is 8.71. The molecule has 1 saturated heterocycles. The predicted molar refractivity (Wildman–Crippen MR) is 110 cm³/mol. The summed E-state index contributed by atoms with van der Waals surface area (Å²) in [7, 11) is -0.0810. The van der Waals surface area contributed by atoms with Crippen molar-refractivity contribution in [2.75, 3.05) is 27.2 Å². The van der Waals surface area contributed by atoms with E-state index in [9.17, 15) is 18.0 Å². The minimum Gasteiger partial charge on any atom is -0.383 e. The van der Waals surface area contributed by atoms with Crippen molar-refractivity contribution in [3.8, 4) is 5.69 Å². The smallest absolute Gasteiger partial charge is 0.243 e. The Balaban J connectivity index is 1.96. The van der Waals surface area contributed by atoms with E-state index in [-0.39, 0.29) is 10.6 Å². The fourth-order valence-electron chi connectivity index (χ4n) is 3.06. The third-order valence-electron chi connectivity index (χ3n) is 4.60. The zero-order valence-electron chi connectivity index (χ0n) is 16.5. The normalized spacial score (nSPS) is 15.5. The lowest BCUT2D eigenvalue weighted by atomic mass is 10.2. The monoisotopic (exact) mass is 416 g/mol. The van der Waals surface area contributed by atoms with Gasteiger partial charge in [0, 0.05) is 51.7 Å². The molecule has 2 heterocycles. The van der Waals surface area contributed by atoms with Crippen molar-refractivity contribution < 1.29 is 13.2 Å². The van der Waals surface area contributed by atoms with Crippen LogP contribution in [0.15, 0.2) is 58.5 Å². The van der Waals surface area contributed by atoms with Gasteiger partial charge in [-0.3, -0.25) is 9.59 Å². The zero-order valence-corrected chi connectivity index (χ0v) is 17.3. The molecule has 1 fully saturated rings. The van der Waals surface area contributed by atoms with Gasteiger partial charge in [-0.15, -0.1) is 0 Å². The predicted octanol–water partition coefficient (Wildman–Crippen LogP) is 1.67. The number of hydrogen-bond donors (Lipinski definition) is 0. The third kappa shape index (κ3) is 4.80. The molecule has 0 saturated carbocycles. The highest BCUT2D eigenvalue weighted by molar-refractivity contribution is 7.89. The molecule has 8 nitrogen and oxygen atoms in total. The number of aromatic nitrogens is 2. The highest BCUT2D eigenvalue weighted by Crippen LogP contribution is 2.22. The summed E-state index contributed by atoms with van der Waals surface area (Å²) in [4.78, 5) is 26.2. The van der Waals surface area contributed by atoms with Crippen molar-refractivity contribution in [2.24, 2.45) is 0 Å². The largest absolute Gasteiger partial charge is 0.383 e. The fraction of sp³-hybridized carbons (Fsp3) is 0.350. The average molecular weight is 417 g/mol. The molecule has 0 N–H and O–H groups in total. The fourth-order valence-corrected chi connectivity index (χ4v) is 4.62. The van der Waals surface area contributed by atoms with Gasteiger partial charge in [0.25, 0.3) is 0 Å². The molecule has 1 aliphatic rings. The van der Waals surface area contributed by atoms with Crippen LogP contribution in [0.3, 0.4) is 0 Å². The van der Waals surface area contributed by atoms with E-state index in [2.05, 4.69) is 5.10 Å². The lowest BCUT2D eigenvalue weighted by Crippen LogP contribution is -2.35. The first-order valence-corrected chi connectivity index (χ1v) is 10.8. The molecule has 2 aromatic rings. The number of rotatable bonds is 6. The first-order valence-electron chi connectivity index (χ1n) is 9.38. The molecule has 0 radical (unpaired) electrons. The maximum Gasteiger partial charge on any atom is 0.243 e. The summed E-state index contributed by atoms with van der Waals surface area (Å²) in [6, 6.07) is 7.60. The van der Waals surface area contributed by atoms with Crippen LogP contribution in [0, 0.1) is 0 Å². The van der Waals surface area contributed by atoms with Gasteiger partial charge in [-0.05, 0) is 31.0 Å². The summed E-state index contributed by atoms with van der Waals surface area (Å²) in [5.41, 5.74) is -0.268. The second-order valence-corrected chi connectivity index (χ2v) is 9.02. The molecular weight excluding hydrogens is 392 g/mol. The number of nitrogens with zero attached hydrogens (tertiary/aromatic N) is 4. The molecular formula is C20H24N4O4S. The Morgan fingerprint density at radius 2 is 1.86 bits per heavy atom. The van der Waals surface area contributed by atoms with Crippen molar-refractivity contribution in [3.63, 3.8) is 0 Å². The van der Waals surface area contributed by atoms with Crippen LogP contribution in [0.25, 0.3) is 5.69 Å². The highest BCUT2D eigenvalue weighted by Gasteiger charge is 2.26. The molecule has 29 heavy (non-hydrogen) atoms. The summed E-state index contributed by atoms with van der Waals surface area (Å²) < 4.78 is 28.7. The van der Waals surface area contributed by atoms with E-state index < -0.39 is 21.2 Å². The molecule has 1 aromatic carbocycles. The second-order valence-electron chi connectivity index (χ2n) is 7.08. The molecule has 0 aliphatic carbocycles. The quantitative estimate of drug-likeness (QED) is 0.525. The van der Waals surface area contributed by atoms with Crippen molar-refractivity contribution in [2.45, 2.75) is 24.2 Å². The van der Waals surface area contributed by atoms with E-state index in [1.54, 1.807) is 37.2 Å². The van der Waals surface area contributed by atoms with Crippen LogP contribution in [-0.2, 0) is 10.0 Å². The Morgan fingerprint density at radius 1 is 1.14 bits per heavy atom.